The van der Waals surface area contributed by atoms with E-state index in [-0.39, 0.29) is 28.2 Å². The van der Waals surface area contributed by atoms with Crippen LogP contribution < -0.4 is 5.32 Å². The van der Waals surface area contributed by atoms with Gasteiger partial charge in [-0.25, -0.2) is 4.79 Å². The molecule has 1 aromatic rings. The van der Waals surface area contributed by atoms with Gasteiger partial charge in [-0.05, 0) is 30.7 Å². The van der Waals surface area contributed by atoms with Crippen LogP contribution in [0.15, 0.2) is 47.5 Å². The Labute approximate surface area is 158 Å². The van der Waals surface area contributed by atoms with Crippen molar-refractivity contribution >= 4 is 35.1 Å². The van der Waals surface area contributed by atoms with E-state index in [4.69, 9.17) is 16.3 Å². The number of hydrogen-bond donors (Lipinski definition) is 1. The molecule has 0 unspecified atom stereocenters. The number of carbonyl (C=O) groups excluding carboxylic acids is 1. The first-order chi connectivity index (χ1) is 12.2. The average Bonchev–Trinajstić information content (AvgIpc) is 2.55. The van der Waals surface area contributed by atoms with Gasteiger partial charge in [0.2, 0.25) is 0 Å². The molecule has 2 aliphatic rings. The normalized spacial score (nSPS) is 28.1. The number of benzene rings is 1. The number of anilines is 1. The molecule has 1 aromatic carbocycles. The first-order valence-corrected chi connectivity index (χ1v) is 9.40. The van der Waals surface area contributed by atoms with Gasteiger partial charge in [0.1, 0.15) is 6.10 Å². The second-order valence-electron chi connectivity index (χ2n) is 6.28. The number of fused-ring (bicyclic) bond motifs is 1. The Balaban J connectivity index is 1.68. The number of ether oxygens (including phenoxy) is 1. The van der Waals surface area contributed by atoms with Crippen LogP contribution in [0.25, 0.3) is 0 Å². The summed E-state index contributed by atoms with van der Waals surface area (Å²) in [6.07, 6.45) is 0.707. The van der Waals surface area contributed by atoms with Crippen LogP contribution in [0.1, 0.15) is 18.9 Å². The number of thioether (sulfide) groups is 1. The fraction of sp³-hybridized carbons (Fsp3) is 0.389. The maximum Gasteiger partial charge on any atom is 0.416 e. The summed E-state index contributed by atoms with van der Waals surface area (Å²) in [5.41, 5.74) is -0.790. The maximum atomic E-state index is 12.8. The van der Waals surface area contributed by atoms with Crippen molar-refractivity contribution in [2.75, 3.05) is 5.32 Å². The summed E-state index contributed by atoms with van der Waals surface area (Å²) in [6.45, 7) is 2.05. The molecule has 3 nitrogen and oxygen atoms in total. The van der Waals surface area contributed by atoms with Crippen LogP contribution >= 0.6 is 23.4 Å². The van der Waals surface area contributed by atoms with Gasteiger partial charge in [0.05, 0.1) is 5.56 Å². The van der Waals surface area contributed by atoms with Crippen LogP contribution in [0.2, 0.25) is 0 Å². The Kier molecular flexibility index (Phi) is 5.58. The zero-order valence-corrected chi connectivity index (χ0v) is 15.4. The minimum Gasteiger partial charge on any atom is -0.445 e. The molecule has 1 heterocycles. The molecule has 1 aliphatic heterocycles. The molecule has 0 spiro atoms. The molecule has 4 atom stereocenters. The van der Waals surface area contributed by atoms with E-state index in [0.717, 1.165) is 12.1 Å². The predicted molar refractivity (Wildman–Crippen MR) is 97.4 cm³/mol. The van der Waals surface area contributed by atoms with Gasteiger partial charge in [-0.2, -0.15) is 24.9 Å². The predicted octanol–water partition coefficient (Wildman–Crippen LogP) is 5.83. The van der Waals surface area contributed by atoms with Gasteiger partial charge < -0.3 is 4.74 Å². The summed E-state index contributed by atoms with van der Waals surface area (Å²) in [5.74, 6) is -0.0547. The number of allylic oxidation sites excluding steroid dienone is 2. The third-order valence-electron chi connectivity index (χ3n) is 4.25. The second-order valence-corrected chi connectivity index (χ2v) is 8.34. The quantitative estimate of drug-likeness (QED) is 0.675. The average molecular weight is 404 g/mol. The van der Waals surface area contributed by atoms with Crippen LogP contribution in [0, 0.1) is 5.92 Å². The third-order valence-corrected chi connectivity index (χ3v) is 5.95. The number of nitrogens with one attached hydrogen (secondary N) is 1. The number of amides is 1. The van der Waals surface area contributed by atoms with E-state index in [1.54, 1.807) is 11.8 Å². The lowest BCUT2D eigenvalue weighted by Crippen LogP contribution is -2.40. The summed E-state index contributed by atoms with van der Waals surface area (Å²) in [7, 11) is 0. The largest absolute Gasteiger partial charge is 0.445 e. The van der Waals surface area contributed by atoms with E-state index in [2.05, 4.69) is 12.2 Å². The number of rotatable bonds is 2. The van der Waals surface area contributed by atoms with E-state index in [1.807, 2.05) is 18.2 Å². The summed E-state index contributed by atoms with van der Waals surface area (Å²) in [6, 6.07) is 4.45. The van der Waals surface area contributed by atoms with Gasteiger partial charge in [-0.3, -0.25) is 5.32 Å². The van der Waals surface area contributed by atoms with Crippen molar-refractivity contribution in [3.05, 3.63) is 53.1 Å². The van der Waals surface area contributed by atoms with Crippen LogP contribution in [-0.2, 0) is 10.9 Å². The van der Waals surface area contributed by atoms with E-state index < -0.39 is 17.8 Å². The lowest BCUT2D eigenvalue weighted by molar-refractivity contribution is -0.137. The highest BCUT2D eigenvalue weighted by molar-refractivity contribution is 8.00. The molecule has 1 amide bonds. The summed E-state index contributed by atoms with van der Waals surface area (Å²) < 4.78 is 43.8. The molecular weight excluding hydrogens is 387 g/mol. The van der Waals surface area contributed by atoms with Gasteiger partial charge in [-0.15, -0.1) is 0 Å². The van der Waals surface area contributed by atoms with E-state index in [0.29, 0.717) is 11.5 Å². The van der Waals surface area contributed by atoms with Crippen molar-refractivity contribution in [2.24, 2.45) is 5.92 Å². The van der Waals surface area contributed by atoms with Gasteiger partial charge in [0, 0.05) is 27.1 Å². The van der Waals surface area contributed by atoms with Gasteiger partial charge >= 0.3 is 12.3 Å². The highest BCUT2D eigenvalue weighted by Crippen LogP contribution is 2.42. The Morgan fingerprint density at radius 1 is 1.38 bits per heavy atom. The fourth-order valence-corrected chi connectivity index (χ4v) is 4.76. The Hall–Kier alpha value is -1.60. The van der Waals surface area contributed by atoms with Gasteiger partial charge in [0.25, 0.3) is 0 Å². The number of alkyl halides is 3. The summed E-state index contributed by atoms with van der Waals surface area (Å²) in [4.78, 5) is 12.2. The van der Waals surface area contributed by atoms with E-state index in [1.165, 1.54) is 12.1 Å². The zero-order valence-electron chi connectivity index (χ0n) is 13.8. The molecule has 1 fully saturated rings. The Morgan fingerprint density at radius 2 is 2.15 bits per heavy atom. The van der Waals surface area contributed by atoms with Crippen molar-refractivity contribution in [1.29, 1.82) is 0 Å². The summed E-state index contributed by atoms with van der Waals surface area (Å²) >= 11 is 7.85. The van der Waals surface area contributed by atoms with Crippen molar-refractivity contribution in [2.45, 2.75) is 36.1 Å². The SMILES string of the molecule is C[C@@H]1C[C@H](OC(=O)Nc2cccc(C(F)(F)F)c2)[C@H]2C=C(Cl)C=C[C@H]2S1. The Morgan fingerprint density at radius 3 is 2.88 bits per heavy atom. The van der Waals surface area contributed by atoms with Crippen LogP contribution in [-0.4, -0.2) is 22.7 Å². The molecule has 3 rings (SSSR count). The van der Waals surface area contributed by atoms with Crippen molar-refractivity contribution in [3.8, 4) is 0 Å². The number of hydrogen-bond acceptors (Lipinski definition) is 3. The number of carbonyl (C=O) groups is 1. The molecular formula is C18H17ClF3NO2S. The molecule has 8 heteroatoms. The number of halogens is 4. The molecule has 140 valence electrons. The van der Waals surface area contributed by atoms with Crippen molar-refractivity contribution in [1.82, 2.24) is 0 Å². The van der Waals surface area contributed by atoms with E-state index in [9.17, 15) is 18.0 Å². The van der Waals surface area contributed by atoms with Crippen LogP contribution in [0.3, 0.4) is 0 Å². The minimum atomic E-state index is -4.47. The molecule has 26 heavy (non-hydrogen) atoms. The molecule has 0 aromatic heterocycles. The zero-order chi connectivity index (χ0) is 18.9. The monoisotopic (exact) mass is 403 g/mol. The molecule has 0 radical (unpaired) electrons. The maximum absolute atomic E-state index is 12.8. The smallest absolute Gasteiger partial charge is 0.416 e. The fourth-order valence-electron chi connectivity index (χ4n) is 3.10. The highest BCUT2D eigenvalue weighted by atomic mass is 35.5. The lowest BCUT2D eigenvalue weighted by Gasteiger charge is -2.38. The molecule has 1 saturated heterocycles. The second kappa shape index (κ2) is 7.56. The lowest BCUT2D eigenvalue weighted by atomic mass is 9.90. The van der Waals surface area contributed by atoms with E-state index >= 15 is 0 Å². The van der Waals surface area contributed by atoms with Crippen molar-refractivity contribution < 1.29 is 22.7 Å². The van der Waals surface area contributed by atoms with Gasteiger partial charge in [0.15, 0.2) is 0 Å². The Bertz CT molecular complexity index is 750. The third kappa shape index (κ3) is 4.57. The van der Waals surface area contributed by atoms with Crippen LogP contribution in [0.5, 0.6) is 0 Å². The van der Waals surface area contributed by atoms with Crippen molar-refractivity contribution in [3.63, 3.8) is 0 Å². The first-order valence-electron chi connectivity index (χ1n) is 8.08. The topological polar surface area (TPSA) is 38.3 Å². The molecule has 0 bridgehead atoms. The van der Waals surface area contributed by atoms with Crippen LogP contribution in [0.4, 0.5) is 23.7 Å². The summed E-state index contributed by atoms with van der Waals surface area (Å²) in [5, 5.41) is 3.42. The minimum absolute atomic E-state index is 0.0386. The molecule has 1 N–H and O–H groups in total. The highest BCUT2D eigenvalue weighted by Gasteiger charge is 2.38. The molecule has 1 aliphatic carbocycles. The van der Waals surface area contributed by atoms with Gasteiger partial charge in [-0.1, -0.05) is 36.7 Å². The standard InChI is InChI=1S/C18H17ClF3NO2S/c1-10-7-15(14-9-12(19)5-6-16(14)26-10)25-17(24)23-13-4-2-3-11(8-13)18(20,21)22/h2-6,8-10,14-16H,7H2,1H3,(H,23,24)/t10-,14-,15+,16-/m1/s1. The first kappa shape index (κ1) is 19.2. The molecule has 0 saturated carbocycles.